The van der Waals surface area contributed by atoms with Gasteiger partial charge in [0, 0.05) is 0 Å². The SMILES string of the molecule is Nc1c(Cl)ncnc1OC1COC1. The zero-order valence-corrected chi connectivity index (χ0v) is 7.49. The van der Waals surface area contributed by atoms with E-state index in [1.54, 1.807) is 0 Å². The summed E-state index contributed by atoms with van der Waals surface area (Å²) >= 11 is 5.67. The summed E-state index contributed by atoms with van der Waals surface area (Å²) in [6, 6.07) is 0. The maximum Gasteiger partial charge on any atom is 0.242 e. The van der Waals surface area contributed by atoms with Gasteiger partial charge in [0.1, 0.15) is 18.1 Å². The van der Waals surface area contributed by atoms with Crippen molar-refractivity contribution >= 4 is 17.3 Å². The number of nitrogens with two attached hydrogens (primary N) is 1. The number of hydrogen-bond donors (Lipinski definition) is 1. The number of nitrogen functional groups attached to an aromatic ring is 1. The maximum atomic E-state index is 5.67. The van der Waals surface area contributed by atoms with Gasteiger partial charge in [0.25, 0.3) is 0 Å². The van der Waals surface area contributed by atoms with Crippen molar-refractivity contribution in [2.75, 3.05) is 18.9 Å². The van der Waals surface area contributed by atoms with Crippen LogP contribution in [0.25, 0.3) is 0 Å². The summed E-state index contributed by atoms with van der Waals surface area (Å²) in [6.45, 7) is 1.14. The van der Waals surface area contributed by atoms with Crippen LogP contribution in [0.5, 0.6) is 5.88 Å². The second-order valence-corrected chi connectivity index (χ2v) is 3.02. The van der Waals surface area contributed by atoms with Crippen LogP contribution in [-0.4, -0.2) is 29.3 Å². The van der Waals surface area contributed by atoms with Crippen LogP contribution in [0.15, 0.2) is 6.33 Å². The van der Waals surface area contributed by atoms with Gasteiger partial charge in [-0.15, -0.1) is 0 Å². The molecule has 13 heavy (non-hydrogen) atoms. The maximum absolute atomic E-state index is 5.67. The molecular formula is C7H8ClN3O2. The van der Waals surface area contributed by atoms with E-state index in [9.17, 15) is 0 Å². The van der Waals surface area contributed by atoms with Gasteiger partial charge in [0.2, 0.25) is 5.88 Å². The molecule has 1 saturated heterocycles. The Labute approximate surface area is 79.8 Å². The van der Waals surface area contributed by atoms with Crippen LogP contribution >= 0.6 is 11.6 Å². The fourth-order valence-electron chi connectivity index (χ4n) is 0.893. The monoisotopic (exact) mass is 201 g/mol. The summed E-state index contributed by atoms with van der Waals surface area (Å²) in [5.74, 6) is 0.327. The second kappa shape index (κ2) is 3.35. The Morgan fingerprint density at radius 2 is 2.31 bits per heavy atom. The van der Waals surface area contributed by atoms with E-state index in [0.717, 1.165) is 0 Å². The lowest BCUT2D eigenvalue weighted by Crippen LogP contribution is -2.39. The Morgan fingerprint density at radius 1 is 1.54 bits per heavy atom. The van der Waals surface area contributed by atoms with Gasteiger partial charge in [-0.05, 0) is 0 Å². The average Bonchev–Trinajstić information content (AvgIpc) is 2.04. The molecule has 1 aromatic heterocycles. The Hall–Kier alpha value is -1.07. The predicted molar refractivity (Wildman–Crippen MR) is 46.7 cm³/mol. The van der Waals surface area contributed by atoms with Crippen LogP contribution in [0, 0.1) is 0 Å². The van der Waals surface area contributed by atoms with Gasteiger partial charge in [0.15, 0.2) is 5.15 Å². The first-order chi connectivity index (χ1) is 6.27. The minimum Gasteiger partial charge on any atom is -0.468 e. The molecule has 0 aliphatic carbocycles. The van der Waals surface area contributed by atoms with Crippen LogP contribution in [0.4, 0.5) is 5.69 Å². The molecule has 0 atom stereocenters. The largest absolute Gasteiger partial charge is 0.468 e. The van der Waals surface area contributed by atoms with Crippen LogP contribution in [0.3, 0.4) is 0 Å². The predicted octanol–water partition coefficient (Wildman–Crippen LogP) is 0.490. The van der Waals surface area contributed by atoms with Crippen LogP contribution in [-0.2, 0) is 4.74 Å². The number of anilines is 1. The summed E-state index contributed by atoms with van der Waals surface area (Å²) < 4.78 is 10.3. The summed E-state index contributed by atoms with van der Waals surface area (Å²) in [6.07, 6.45) is 1.35. The van der Waals surface area contributed by atoms with E-state index < -0.39 is 0 Å². The first-order valence-electron chi connectivity index (χ1n) is 3.77. The fraction of sp³-hybridized carbons (Fsp3) is 0.429. The molecule has 0 amide bonds. The average molecular weight is 202 g/mol. The van der Waals surface area contributed by atoms with E-state index >= 15 is 0 Å². The van der Waals surface area contributed by atoms with Gasteiger partial charge in [-0.25, -0.2) is 4.98 Å². The Kier molecular flexibility index (Phi) is 2.20. The molecule has 70 valence electrons. The lowest BCUT2D eigenvalue weighted by molar-refractivity contribution is -0.0810. The highest BCUT2D eigenvalue weighted by atomic mass is 35.5. The lowest BCUT2D eigenvalue weighted by atomic mass is 10.3. The topological polar surface area (TPSA) is 70.3 Å². The molecule has 1 aromatic rings. The number of hydrogen-bond acceptors (Lipinski definition) is 5. The number of halogens is 1. The van der Waals surface area contributed by atoms with Gasteiger partial charge in [0.05, 0.1) is 13.2 Å². The molecule has 0 radical (unpaired) electrons. The van der Waals surface area contributed by atoms with Gasteiger partial charge in [-0.2, -0.15) is 4.98 Å². The van der Waals surface area contributed by atoms with Crippen LogP contribution in [0.2, 0.25) is 5.15 Å². The van der Waals surface area contributed by atoms with E-state index in [-0.39, 0.29) is 16.9 Å². The third kappa shape index (κ3) is 1.66. The van der Waals surface area contributed by atoms with E-state index in [1.807, 2.05) is 0 Å². The lowest BCUT2D eigenvalue weighted by Gasteiger charge is -2.26. The number of nitrogens with zero attached hydrogens (tertiary/aromatic N) is 2. The molecule has 0 saturated carbocycles. The van der Waals surface area contributed by atoms with Crippen molar-refractivity contribution in [1.29, 1.82) is 0 Å². The molecule has 1 aliphatic rings. The first kappa shape index (κ1) is 8.52. The second-order valence-electron chi connectivity index (χ2n) is 2.66. The quantitative estimate of drug-likeness (QED) is 0.706. The van der Waals surface area contributed by atoms with Gasteiger partial charge in [-0.3, -0.25) is 0 Å². The highest BCUT2D eigenvalue weighted by Crippen LogP contribution is 2.25. The Bertz CT molecular complexity index is 317. The Morgan fingerprint density at radius 3 is 2.92 bits per heavy atom. The number of aromatic nitrogens is 2. The molecule has 5 nitrogen and oxygen atoms in total. The minimum absolute atomic E-state index is 0.0354. The van der Waals surface area contributed by atoms with Crippen molar-refractivity contribution in [2.45, 2.75) is 6.10 Å². The molecule has 6 heteroatoms. The molecule has 2 heterocycles. The number of rotatable bonds is 2. The van der Waals surface area contributed by atoms with Crippen molar-refractivity contribution in [3.05, 3.63) is 11.5 Å². The smallest absolute Gasteiger partial charge is 0.242 e. The Balaban J connectivity index is 2.14. The summed E-state index contributed by atoms with van der Waals surface area (Å²) in [4.78, 5) is 7.57. The van der Waals surface area contributed by atoms with Gasteiger partial charge in [-0.1, -0.05) is 11.6 Å². The zero-order valence-electron chi connectivity index (χ0n) is 6.74. The minimum atomic E-state index is 0.0354. The summed E-state index contributed by atoms with van der Waals surface area (Å²) in [7, 11) is 0. The molecule has 1 fully saturated rings. The van der Waals surface area contributed by atoms with E-state index in [4.69, 9.17) is 26.8 Å². The van der Waals surface area contributed by atoms with Crippen molar-refractivity contribution in [3.8, 4) is 5.88 Å². The fourth-order valence-corrected chi connectivity index (χ4v) is 1.02. The summed E-state index contributed by atoms with van der Waals surface area (Å²) in [5.41, 5.74) is 5.86. The zero-order chi connectivity index (χ0) is 9.26. The standard InChI is InChI=1S/C7H8ClN3O2/c8-6-5(9)7(11-3-10-6)13-4-1-12-2-4/h3-4H,1-2,9H2. The normalized spacial score (nSPS) is 16.7. The molecule has 2 N–H and O–H groups in total. The van der Waals surface area contributed by atoms with E-state index in [0.29, 0.717) is 19.1 Å². The summed E-state index contributed by atoms with van der Waals surface area (Å²) in [5, 5.41) is 0.213. The van der Waals surface area contributed by atoms with Crippen molar-refractivity contribution in [1.82, 2.24) is 9.97 Å². The van der Waals surface area contributed by atoms with Crippen molar-refractivity contribution < 1.29 is 9.47 Å². The van der Waals surface area contributed by atoms with Gasteiger partial charge >= 0.3 is 0 Å². The third-order valence-corrected chi connectivity index (χ3v) is 1.99. The van der Waals surface area contributed by atoms with Crippen molar-refractivity contribution in [3.63, 3.8) is 0 Å². The highest BCUT2D eigenvalue weighted by Gasteiger charge is 2.22. The molecule has 0 aromatic carbocycles. The van der Waals surface area contributed by atoms with Gasteiger partial charge < -0.3 is 15.2 Å². The van der Waals surface area contributed by atoms with Crippen LogP contribution in [0.1, 0.15) is 0 Å². The van der Waals surface area contributed by atoms with Crippen LogP contribution < -0.4 is 10.5 Å². The molecule has 0 spiro atoms. The third-order valence-electron chi connectivity index (χ3n) is 1.68. The first-order valence-corrected chi connectivity index (χ1v) is 4.15. The van der Waals surface area contributed by atoms with E-state index in [2.05, 4.69) is 9.97 Å². The molecule has 0 unspecified atom stereocenters. The molecule has 1 aliphatic heterocycles. The molecule has 2 rings (SSSR count). The molecule has 0 bridgehead atoms. The molecular weight excluding hydrogens is 194 g/mol. The number of ether oxygens (including phenoxy) is 2. The highest BCUT2D eigenvalue weighted by molar-refractivity contribution is 6.32. The van der Waals surface area contributed by atoms with E-state index in [1.165, 1.54) is 6.33 Å². The van der Waals surface area contributed by atoms with Crippen molar-refractivity contribution in [2.24, 2.45) is 0 Å².